The van der Waals surface area contributed by atoms with Gasteiger partial charge in [0.25, 0.3) is 0 Å². The fraction of sp³-hybridized carbons (Fsp3) is 0.235. The average molecular weight is 422 g/mol. The highest BCUT2D eigenvalue weighted by molar-refractivity contribution is 8.00. The molecular formula is C17H19N5O4S2. The summed E-state index contributed by atoms with van der Waals surface area (Å²) < 4.78 is 29.7. The zero-order chi connectivity index (χ0) is 20.5. The van der Waals surface area contributed by atoms with E-state index in [1.165, 1.54) is 36.0 Å². The lowest BCUT2D eigenvalue weighted by Crippen LogP contribution is -2.23. The number of hydrogen-bond acceptors (Lipinski definition) is 7. The van der Waals surface area contributed by atoms with Crippen LogP contribution in [0.3, 0.4) is 0 Å². The molecular weight excluding hydrogens is 402 g/mol. The quantitative estimate of drug-likeness (QED) is 0.583. The molecule has 0 saturated carbocycles. The van der Waals surface area contributed by atoms with Gasteiger partial charge in [0.15, 0.2) is 11.0 Å². The number of carbonyl (C=O) groups excluding carboxylic acids is 1. The molecule has 3 rings (SSSR count). The van der Waals surface area contributed by atoms with Gasteiger partial charge in [0.2, 0.25) is 15.9 Å². The highest BCUT2D eigenvalue weighted by Crippen LogP contribution is 2.28. The van der Waals surface area contributed by atoms with Crippen molar-refractivity contribution >= 4 is 33.4 Å². The number of anilines is 1. The number of thioether (sulfide) groups is 1. The van der Waals surface area contributed by atoms with Crippen molar-refractivity contribution in [2.45, 2.75) is 29.1 Å². The number of aromatic nitrogens is 3. The Kier molecular flexibility index (Phi) is 5.59. The monoisotopic (exact) mass is 421 g/mol. The van der Waals surface area contributed by atoms with Gasteiger partial charge in [-0.2, -0.15) is 0 Å². The van der Waals surface area contributed by atoms with Gasteiger partial charge >= 0.3 is 0 Å². The number of rotatable bonds is 6. The van der Waals surface area contributed by atoms with E-state index >= 15 is 0 Å². The second-order valence-corrected chi connectivity index (χ2v) is 8.94. The Morgan fingerprint density at radius 2 is 1.93 bits per heavy atom. The van der Waals surface area contributed by atoms with Crippen LogP contribution in [0.25, 0.3) is 11.4 Å². The highest BCUT2D eigenvalue weighted by Gasteiger charge is 2.21. The molecule has 0 radical (unpaired) electrons. The molecule has 2 heterocycles. The van der Waals surface area contributed by atoms with E-state index in [1.54, 1.807) is 17.8 Å². The molecule has 0 aliphatic heterocycles. The van der Waals surface area contributed by atoms with E-state index in [0.717, 1.165) is 11.3 Å². The molecule has 3 N–H and O–H groups in total. The van der Waals surface area contributed by atoms with Gasteiger partial charge in [-0.1, -0.05) is 11.8 Å². The third-order valence-electron chi connectivity index (χ3n) is 4.04. The summed E-state index contributed by atoms with van der Waals surface area (Å²) in [5.74, 6) is 1.14. The smallest absolute Gasteiger partial charge is 0.238 e. The van der Waals surface area contributed by atoms with E-state index in [0.29, 0.717) is 16.7 Å². The summed E-state index contributed by atoms with van der Waals surface area (Å²) in [5, 5.41) is 16.3. The van der Waals surface area contributed by atoms with Crippen molar-refractivity contribution in [1.82, 2.24) is 14.8 Å². The molecule has 2 aromatic heterocycles. The molecule has 3 aromatic rings. The molecule has 0 saturated heterocycles. The number of aryl methyl sites for hydroxylation is 1. The van der Waals surface area contributed by atoms with Crippen molar-refractivity contribution in [2.75, 3.05) is 5.32 Å². The van der Waals surface area contributed by atoms with Crippen molar-refractivity contribution < 1.29 is 17.6 Å². The maximum atomic E-state index is 12.5. The Balaban J connectivity index is 1.68. The van der Waals surface area contributed by atoms with Gasteiger partial charge in [0, 0.05) is 12.7 Å². The first-order valence-corrected chi connectivity index (χ1v) is 10.6. The van der Waals surface area contributed by atoms with E-state index in [1.807, 2.05) is 20.0 Å². The predicted octanol–water partition coefficient (Wildman–Crippen LogP) is 2.15. The number of amides is 1. The maximum absolute atomic E-state index is 12.5. The van der Waals surface area contributed by atoms with Gasteiger partial charge in [-0.15, -0.1) is 10.2 Å². The Morgan fingerprint density at radius 3 is 2.50 bits per heavy atom. The number of sulfonamides is 1. The Hall–Kier alpha value is -2.63. The lowest BCUT2D eigenvalue weighted by atomic mass is 10.2. The van der Waals surface area contributed by atoms with Gasteiger partial charge in [0.05, 0.1) is 22.0 Å². The minimum Gasteiger partial charge on any atom is -0.469 e. The van der Waals surface area contributed by atoms with Crippen LogP contribution in [0.2, 0.25) is 0 Å². The number of benzene rings is 1. The Bertz CT molecular complexity index is 1100. The van der Waals surface area contributed by atoms with Crippen molar-refractivity contribution in [1.29, 1.82) is 0 Å². The summed E-state index contributed by atoms with van der Waals surface area (Å²) in [6.07, 6.45) is 1.59. The number of primary sulfonamides is 1. The van der Waals surface area contributed by atoms with E-state index in [9.17, 15) is 13.2 Å². The van der Waals surface area contributed by atoms with Crippen LogP contribution in [0.15, 0.2) is 51.1 Å². The minimum absolute atomic E-state index is 0.0194. The van der Waals surface area contributed by atoms with Crippen molar-refractivity contribution in [3.8, 4) is 11.4 Å². The second-order valence-electron chi connectivity index (χ2n) is 6.07. The third-order valence-corrected chi connectivity index (χ3v) is 6.10. The molecule has 0 spiro atoms. The van der Waals surface area contributed by atoms with Crippen molar-refractivity contribution in [2.24, 2.45) is 12.2 Å². The molecule has 0 aliphatic rings. The zero-order valence-corrected chi connectivity index (χ0v) is 17.0. The normalized spacial score (nSPS) is 12.7. The molecule has 1 unspecified atom stereocenters. The molecule has 148 valence electrons. The van der Waals surface area contributed by atoms with E-state index in [4.69, 9.17) is 9.56 Å². The topological polar surface area (TPSA) is 133 Å². The molecule has 0 aliphatic carbocycles. The van der Waals surface area contributed by atoms with E-state index in [-0.39, 0.29) is 10.8 Å². The largest absolute Gasteiger partial charge is 0.469 e. The van der Waals surface area contributed by atoms with Crippen LogP contribution >= 0.6 is 11.8 Å². The first-order chi connectivity index (χ1) is 13.2. The summed E-state index contributed by atoms with van der Waals surface area (Å²) in [7, 11) is -1.95. The lowest BCUT2D eigenvalue weighted by Gasteiger charge is -2.12. The van der Waals surface area contributed by atoms with Gasteiger partial charge in [-0.25, -0.2) is 13.6 Å². The number of carbonyl (C=O) groups is 1. The fourth-order valence-corrected chi connectivity index (χ4v) is 3.78. The van der Waals surface area contributed by atoms with Crippen LogP contribution in [0.4, 0.5) is 5.69 Å². The summed E-state index contributed by atoms with van der Waals surface area (Å²) in [4.78, 5) is 12.4. The predicted molar refractivity (Wildman–Crippen MR) is 105 cm³/mol. The summed E-state index contributed by atoms with van der Waals surface area (Å²) >= 11 is 1.26. The lowest BCUT2D eigenvalue weighted by molar-refractivity contribution is -0.115. The first-order valence-electron chi connectivity index (χ1n) is 8.21. The zero-order valence-electron chi connectivity index (χ0n) is 15.4. The molecule has 9 nitrogen and oxygen atoms in total. The molecule has 28 heavy (non-hydrogen) atoms. The minimum atomic E-state index is -3.77. The number of furan rings is 1. The number of nitrogens with one attached hydrogen (secondary N) is 1. The molecule has 1 amide bonds. The molecule has 1 aromatic carbocycles. The first kappa shape index (κ1) is 20.1. The summed E-state index contributed by atoms with van der Waals surface area (Å²) in [5.41, 5.74) is 1.31. The number of nitrogens with two attached hydrogens (primary N) is 1. The van der Waals surface area contributed by atoms with Crippen LogP contribution in [0.5, 0.6) is 0 Å². The van der Waals surface area contributed by atoms with E-state index < -0.39 is 15.3 Å². The van der Waals surface area contributed by atoms with Crippen LogP contribution in [0.1, 0.15) is 12.7 Å². The van der Waals surface area contributed by atoms with Crippen LogP contribution in [0, 0.1) is 6.92 Å². The van der Waals surface area contributed by atoms with Gasteiger partial charge < -0.3 is 14.3 Å². The summed E-state index contributed by atoms with van der Waals surface area (Å²) in [6, 6.07) is 7.46. The summed E-state index contributed by atoms with van der Waals surface area (Å²) in [6.45, 7) is 3.59. The maximum Gasteiger partial charge on any atom is 0.238 e. The van der Waals surface area contributed by atoms with Crippen molar-refractivity contribution in [3.63, 3.8) is 0 Å². The standard InChI is InChI=1S/C17H19N5O4S2/c1-10-14(8-9-26-10)15-20-21-17(22(15)3)27-11(2)16(23)19-12-4-6-13(7-5-12)28(18,24)25/h4-9,11H,1-3H3,(H,19,23)(H2,18,24,25). The Labute approximate surface area is 166 Å². The molecule has 11 heteroatoms. The highest BCUT2D eigenvalue weighted by atomic mass is 32.2. The molecule has 0 fully saturated rings. The van der Waals surface area contributed by atoms with Gasteiger partial charge in [-0.3, -0.25) is 4.79 Å². The van der Waals surface area contributed by atoms with Gasteiger partial charge in [0.1, 0.15) is 5.76 Å². The van der Waals surface area contributed by atoms with Gasteiger partial charge in [-0.05, 0) is 44.2 Å². The second kappa shape index (κ2) is 7.78. The van der Waals surface area contributed by atoms with E-state index in [2.05, 4.69) is 15.5 Å². The number of nitrogens with zero attached hydrogens (tertiary/aromatic N) is 3. The fourth-order valence-electron chi connectivity index (χ4n) is 2.45. The van der Waals surface area contributed by atoms with Crippen LogP contribution < -0.4 is 10.5 Å². The molecule has 0 bridgehead atoms. The number of hydrogen-bond donors (Lipinski definition) is 2. The van der Waals surface area contributed by atoms with Crippen LogP contribution in [-0.4, -0.2) is 34.3 Å². The Morgan fingerprint density at radius 1 is 1.25 bits per heavy atom. The van der Waals surface area contributed by atoms with Crippen molar-refractivity contribution in [3.05, 3.63) is 42.4 Å². The third kappa shape index (κ3) is 4.26. The average Bonchev–Trinajstić information content (AvgIpc) is 3.20. The SMILES string of the molecule is Cc1occc1-c1nnc(SC(C)C(=O)Nc2ccc(S(N)(=O)=O)cc2)n1C. The molecule has 1 atom stereocenters. The van der Waals surface area contributed by atoms with Crippen LogP contribution in [-0.2, 0) is 21.9 Å².